The minimum atomic E-state index is -0.300. The second-order valence-electron chi connectivity index (χ2n) is 10.1. The van der Waals surface area contributed by atoms with Crippen LogP contribution in [0.15, 0.2) is 72.8 Å². The standard InChI is InChI=1S/C30H32FN3O/c31-24-13-11-23(12-14-24)29(35)10-5-16-32-17-15-27-26(21-32)25-8-4-9-28-30(25)34(27)19-18-33(28)20-22-6-2-1-3-7-22/h1-4,6-9,11-14,26-27H,5,10,15-21H2. The summed E-state index contributed by atoms with van der Waals surface area (Å²) in [5.41, 5.74) is 6.30. The lowest BCUT2D eigenvalue weighted by Gasteiger charge is -2.42. The van der Waals surface area contributed by atoms with Gasteiger partial charge in [-0.25, -0.2) is 4.39 Å². The first-order valence-corrected chi connectivity index (χ1v) is 12.9. The van der Waals surface area contributed by atoms with Crippen LogP contribution in [0.4, 0.5) is 15.8 Å². The molecule has 0 radical (unpaired) electrons. The molecule has 2 atom stereocenters. The van der Waals surface area contributed by atoms with E-state index in [2.05, 4.69) is 63.2 Å². The van der Waals surface area contributed by atoms with Crippen LogP contribution in [-0.2, 0) is 6.54 Å². The summed E-state index contributed by atoms with van der Waals surface area (Å²) < 4.78 is 13.1. The van der Waals surface area contributed by atoms with Crippen molar-refractivity contribution >= 4 is 17.2 Å². The van der Waals surface area contributed by atoms with Crippen LogP contribution >= 0.6 is 0 Å². The summed E-state index contributed by atoms with van der Waals surface area (Å²) >= 11 is 0. The number of halogens is 1. The van der Waals surface area contributed by atoms with Gasteiger partial charge in [0.1, 0.15) is 5.82 Å². The van der Waals surface area contributed by atoms with Gasteiger partial charge < -0.3 is 14.7 Å². The second-order valence-corrected chi connectivity index (χ2v) is 10.1. The first-order valence-electron chi connectivity index (χ1n) is 12.9. The summed E-state index contributed by atoms with van der Waals surface area (Å²) in [7, 11) is 0. The first kappa shape index (κ1) is 22.3. The highest BCUT2D eigenvalue weighted by Crippen LogP contribution is 2.50. The summed E-state index contributed by atoms with van der Waals surface area (Å²) in [6.45, 7) is 6.18. The zero-order valence-corrected chi connectivity index (χ0v) is 20.1. The molecule has 0 saturated carbocycles. The van der Waals surface area contributed by atoms with Gasteiger partial charge in [-0.3, -0.25) is 4.79 Å². The van der Waals surface area contributed by atoms with E-state index in [9.17, 15) is 9.18 Å². The summed E-state index contributed by atoms with van der Waals surface area (Å²) in [5.74, 6) is 0.333. The van der Waals surface area contributed by atoms with Crippen LogP contribution in [0.3, 0.4) is 0 Å². The minimum absolute atomic E-state index is 0.103. The number of carbonyl (C=O) groups is 1. The second kappa shape index (κ2) is 9.46. The Kier molecular flexibility index (Phi) is 6.03. The van der Waals surface area contributed by atoms with Crippen molar-refractivity contribution in [1.82, 2.24) is 4.90 Å². The Balaban J connectivity index is 1.12. The largest absolute Gasteiger partial charge is 0.364 e. The summed E-state index contributed by atoms with van der Waals surface area (Å²) in [5, 5.41) is 0. The maximum absolute atomic E-state index is 13.1. The predicted octanol–water partition coefficient (Wildman–Crippen LogP) is 5.49. The van der Waals surface area contributed by atoms with E-state index in [1.54, 1.807) is 12.1 Å². The molecule has 3 heterocycles. The minimum Gasteiger partial charge on any atom is -0.364 e. The molecular formula is C30H32FN3O. The molecule has 0 aromatic heterocycles. The number of hydrogen-bond acceptors (Lipinski definition) is 4. The van der Waals surface area contributed by atoms with Crippen LogP contribution in [0.5, 0.6) is 0 Å². The van der Waals surface area contributed by atoms with Crippen molar-refractivity contribution in [3.8, 4) is 0 Å². The average molecular weight is 470 g/mol. The number of Topliss-reactive ketones (excluding diaryl/α,β-unsaturated/α-hetero) is 1. The van der Waals surface area contributed by atoms with E-state index in [-0.39, 0.29) is 11.6 Å². The third-order valence-electron chi connectivity index (χ3n) is 8.01. The van der Waals surface area contributed by atoms with E-state index in [1.807, 2.05) is 0 Å². The van der Waals surface area contributed by atoms with Crippen molar-refractivity contribution < 1.29 is 9.18 Å². The number of hydrogen-bond donors (Lipinski definition) is 0. The smallest absolute Gasteiger partial charge is 0.162 e. The molecule has 1 fully saturated rings. The van der Waals surface area contributed by atoms with Gasteiger partial charge in [0.15, 0.2) is 5.78 Å². The fraction of sp³-hybridized carbons (Fsp3) is 0.367. The summed E-state index contributed by atoms with van der Waals surface area (Å²) in [6, 6.07) is 24.1. The van der Waals surface area contributed by atoms with Gasteiger partial charge in [-0.1, -0.05) is 42.5 Å². The highest BCUT2D eigenvalue weighted by Gasteiger charge is 2.44. The van der Waals surface area contributed by atoms with E-state index in [4.69, 9.17) is 0 Å². The first-order chi connectivity index (χ1) is 17.2. The van der Waals surface area contributed by atoms with Crippen LogP contribution in [-0.4, -0.2) is 49.4 Å². The number of para-hydroxylation sites is 1. The van der Waals surface area contributed by atoms with Gasteiger partial charge in [0.25, 0.3) is 0 Å². The van der Waals surface area contributed by atoms with Gasteiger partial charge in [-0.2, -0.15) is 0 Å². The van der Waals surface area contributed by atoms with Crippen molar-refractivity contribution in [2.45, 2.75) is 37.8 Å². The normalized spacial score (nSPS) is 21.1. The molecule has 0 spiro atoms. The van der Waals surface area contributed by atoms with Crippen molar-refractivity contribution in [3.63, 3.8) is 0 Å². The van der Waals surface area contributed by atoms with Gasteiger partial charge >= 0.3 is 0 Å². The quantitative estimate of drug-likeness (QED) is 0.428. The van der Waals surface area contributed by atoms with Gasteiger partial charge in [-0.05, 0) is 60.8 Å². The molecule has 3 aliphatic heterocycles. The Morgan fingerprint density at radius 1 is 0.914 bits per heavy atom. The van der Waals surface area contributed by atoms with Gasteiger partial charge in [0.05, 0.1) is 11.4 Å². The van der Waals surface area contributed by atoms with Crippen LogP contribution in [0.25, 0.3) is 0 Å². The molecular weight excluding hydrogens is 437 g/mol. The van der Waals surface area contributed by atoms with E-state index in [0.717, 1.165) is 45.7 Å². The lowest BCUT2D eigenvalue weighted by Crippen LogP contribution is -2.49. The highest BCUT2D eigenvalue weighted by atomic mass is 19.1. The molecule has 3 aromatic rings. The predicted molar refractivity (Wildman–Crippen MR) is 139 cm³/mol. The molecule has 35 heavy (non-hydrogen) atoms. The molecule has 3 aliphatic rings. The Hall–Kier alpha value is -3.18. The molecule has 3 aromatic carbocycles. The number of benzene rings is 3. The fourth-order valence-corrected chi connectivity index (χ4v) is 6.31. The monoisotopic (exact) mass is 469 g/mol. The number of rotatable bonds is 7. The zero-order chi connectivity index (χ0) is 23.8. The maximum Gasteiger partial charge on any atom is 0.162 e. The molecule has 0 aliphatic carbocycles. The van der Waals surface area contributed by atoms with Crippen molar-refractivity contribution in [2.24, 2.45) is 0 Å². The van der Waals surface area contributed by atoms with Crippen molar-refractivity contribution in [3.05, 3.63) is 95.3 Å². The average Bonchev–Trinajstić information content (AvgIpc) is 3.21. The number of carbonyl (C=O) groups excluding carboxylic acids is 1. The summed E-state index contributed by atoms with van der Waals surface area (Å²) in [6.07, 6.45) is 2.52. The Morgan fingerprint density at radius 3 is 2.57 bits per heavy atom. The van der Waals surface area contributed by atoms with E-state index < -0.39 is 0 Å². The number of ketones is 1. The van der Waals surface area contributed by atoms with Crippen molar-refractivity contribution in [2.75, 3.05) is 42.5 Å². The molecule has 0 amide bonds. The molecule has 2 unspecified atom stereocenters. The Labute approximate surface area is 207 Å². The molecule has 0 N–H and O–H groups in total. The third-order valence-corrected chi connectivity index (χ3v) is 8.01. The van der Waals surface area contributed by atoms with Crippen molar-refractivity contribution in [1.29, 1.82) is 0 Å². The van der Waals surface area contributed by atoms with E-state index in [0.29, 0.717) is 23.9 Å². The molecule has 0 bridgehead atoms. The lowest BCUT2D eigenvalue weighted by molar-refractivity contribution is 0.0971. The molecule has 1 saturated heterocycles. The van der Waals surface area contributed by atoms with Crippen LogP contribution in [0.1, 0.15) is 46.7 Å². The number of likely N-dealkylation sites (tertiary alicyclic amines) is 1. The summed E-state index contributed by atoms with van der Waals surface area (Å²) in [4.78, 5) is 20.2. The number of anilines is 2. The highest BCUT2D eigenvalue weighted by molar-refractivity contribution is 5.96. The number of nitrogens with zero attached hydrogens (tertiary/aromatic N) is 3. The van der Waals surface area contributed by atoms with Gasteiger partial charge in [0.2, 0.25) is 0 Å². The van der Waals surface area contributed by atoms with Crippen LogP contribution in [0.2, 0.25) is 0 Å². The van der Waals surface area contributed by atoms with E-state index >= 15 is 0 Å². The molecule has 5 heteroatoms. The van der Waals surface area contributed by atoms with Gasteiger partial charge in [-0.15, -0.1) is 0 Å². The Morgan fingerprint density at radius 2 is 1.74 bits per heavy atom. The maximum atomic E-state index is 13.1. The number of fused-ring (bicyclic) bond motifs is 3. The third kappa shape index (κ3) is 4.34. The molecule has 180 valence electrons. The van der Waals surface area contributed by atoms with Crippen LogP contribution in [0, 0.1) is 5.82 Å². The topological polar surface area (TPSA) is 26.8 Å². The number of piperidine rings is 1. The SMILES string of the molecule is O=C(CCCN1CCC2C(C1)c1cccc3c1N2CCN3Cc1ccccc1)c1ccc(F)cc1. The Bertz CT molecular complexity index is 1200. The molecule has 6 rings (SSSR count). The lowest BCUT2D eigenvalue weighted by atomic mass is 9.89. The molecule has 4 nitrogen and oxygen atoms in total. The van der Waals surface area contributed by atoms with Crippen LogP contribution < -0.4 is 9.80 Å². The fourth-order valence-electron chi connectivity index (χ4n) is 6.31. The van der Waals surface area contributed by atoms with E-state index in [1.165, 1.54) is 41.1 Å². The zero-order valence-electron chi connectivity index (χ0n) is 20.1. The van der Waals surface area contributed by atoms with Gasteiger partial charge in [0, 0.05) is 56.7 Å².